The SMILES string of the molecule is CCCC(N)C(=O)N(C)Cc1ccc2c(c1)OCCO2. The standard InChI is InChI=1S/C15H22N2O3/c1-3-4-12(16)15(18)17(2)10-11-5-6-13-14(9-11)20-8-7-19-13/h5-6,9,12H,3-4,7-8,10,16H2,1-2H3. The fraction of sp³-hybridized carbons (Fsp3) is 0.533. The fourth-order valence-electron chi connectivity index (χ4n) is 2.26. The third-order valence-corrected chi connectivity index (χ3v) is 3.32. The number of fused-ring (bicyclic) bond motifs is 1. The summed E-state index contributed by atoms with van der Waals surface area (Å²) in [6.45, 7) is 3.68. The van der Waals surface area contributed by atoms with Gasteiger partial charge >= 0.3 is 0 Å². The van der Waals surface area contributed by atoms with Crippen LogP contribution in [0.4, 0.5) is 0 Å². The Morgan fingerprint density at radius 1 is 1.35 bits per heavy atom. The molecule has 0 saturated heterocycles. The molecular formula is C15H22N2O3. The highest BCUT2D eigenvalue weighted by Crippen LogP contribution is 2.31. The molecule has 1 aliphatic heterocycles. The zero-order chi connectivity index (χ0) is 14.5. The van der Waals surface area contributed by atoms with Crippen LogP contribution in [0, 0.1) is 0 Å². The lowest BCUT2D eigenvalue weighted by Gasteiger charge is -2.23. The third-order valence-electron chi connectivity index (χ3n) is 3.32. The lowest BCUT2D eigenvalue weighted by atomic mass is 10.1. The second kappa shape index (κ2) is 6.61. The molecule has 1 aliphatic rings. The Hall–Kier alpha value is -1.75. The molecule has 1 atom stereocenters. The molecular weight excluding hydrogens is 256 g/mol. The molecule has 1 unspecified atom stereocenters. The number of carbonyl (C=O) groups is 1. The summed E-state index contributed by atoms with van der Waals surface area (Å²) in [5.41, 5.74) is 6.87. The number of nitrogens with zero attached hydrogens (tertiary/aromatic N) is 1. The van der Waals surface area contributed by atoms with Gasteiger partial charge in [-0.2, -0.15) is 0 Å². The van der Waals surface area contributed by atoms with Crippen LogP contribution in [0.1, 0.15) is 25.3 Å². The van der Waals surface area contributed by atoms with Gasteiger partial charge in [-0.15, -0.1) is 0 Å². The predicted octanol–water partition coefficient (Wildman–Crippen LogP) is 1.54. The van der Waals surface area contributed by atoms with Gasteiger partial charge in [-0.1, -0.05) is 19.4 Å². The summed E-state index contributed by atoms with van der Waals surface area (Å²) in [5.74, 6) is 1.48. The van der Waals surface area contributed by atoms with Crippen molar-refractivity contribution in [2.45, 2.75) is 32.4 Å². The van der Waals surface area contributed by atoms with E-state index in [1.54, 1.807) is 11.9 Å². The average molecular weight is 278 g/mol. The number of ether oxygens (including phenoxy) is 2. The van der Waals surface area contributed by atoms with Gasteiger partial charge in [0.1, 0.15) is 13.2 Å². The second-order valence-corrected chi connectivity index (χ2v) is 5.07. The maximum atomic E-state index is 12.1. The van der Waals surface area contributed by atoms with Crippen LogP contribution < -0.4 is 15.2 Å². The summed E-state index contributed by atoms with van der Waals surface area (Å²) in [6.07, 6.45) is 1.62. The Labute approximate surface area is 119 Å². The maximum absolute atomic E-state index is 12.1. The van der Waals surface area contributed by atoms with Gasteiger partial charge in [0.25, 0.3) is 0 Å². The van der Waals surface area contributed by atoms with Crippen LogP contribution in [0.15, 0.2) is 18.2 Å². The molecule has 0 aromatic heterocycles. The van der Waals surface area contributed by atoms with E-state index in [-0.39, 0.29) is 5.91 Å². The lowest BCUT2D eigenvalue weighted by Crippen LogP contribution is -2.41. The Balaban J connectivity index is 2.00. The van der Waals surface area contributed by atoms with Crippen LogP contribution in [0.25, 0.3) is 0 Å². The van der Waals surface area contributed by atoms with E-state index in [0.717, 1.165) is 23.5 Å². The van der Waals surface area contributed by atoms with Crippen molar-refractivity contribution in [2.75, 3.05) is 20.3 Å². The molecule has 1 heterocycles. The molecule has 20 heavy (non-hydrogen) atoms. The van der Waals surface area contributed by atoms with Crippen molar-refractivity contribution in [3.8, 4) is 11.5 Å². The van der Waals surface area contributed by atoms with Crippen molar-refractivity contribution in [3.63, 3.8) is 0 Å². The van der Waals surface area contributed by atoms with Gasteiger partial charge in [0, 0.05) is 13.6 Å². The van der Waals surface area contributed by atoms with Crippen molar-refractivity contribution in [3.05, 3.63) is 23.8 Å². The van der Waals surface area contributed by atoms with E-state index in [9.17, 15) is 4.79 Å². The molecule has 1 aromatic rings. The molecule has 0 bridgehead atoms. The molecule has 110 valence electrons. The Morgan fingerprint density at radius 2 is 2.05 bits per heavy atom. The highest BCUT2D eigenvalue weighted by atomic mass is 16.6. The first-order valence-electron chi connectivity index (χ1n) is 7.01. The Morgan fingerprint density at radius 3 is 2.75 bits per heavy atom. The number of carbonyl (C=O) groups excluding carboxylic acids is 1. The molecule has 0 saturated carbocycles. The molecule has 0 radical (unpaired) electrons. The van der Waals surface area contributed by atoms with Crippen LogP contribution in [-0.4, -0.2) is 37.1 Å². The number of benzene rings is 1. The zero-order valence-corrected chi connectivity index (χ0v) is 12.1. The topological polar surface area (TPSA) is 64.8 Å². The molecule has 0 aliphatic carbocycles. The lowest BCUT2D eigenvalue weighted by molar-refractivity contribution is -0.132. The van der Waals surface area contributed by atoms with Crippen LogP contribution in [0.3, 0.4) is 0 Å². The smallest absolute Gasteiger partial charge is 0.239 e. The molecule has 5 nitrogen and oxygen atoms in total. The summed E-state index contributed by atoms with van der Waals surface area (Å²) in [4.78, 5) is 13.7. The van der Waals surface area contributed by atoms with E-state index in [4.69, 9.17) is 15.2 Å². The quantitative estimate of drug-likeness (QED) is 0.887. The summed E-state index contributed by atoms with van der Waals surface area (Å²) >= 11 is 0. The summed E-state index contributed by atoms with van der Waals surface area (Å²) in [5, 5.41) is 0. The number of amides is 1. The highest BCUT2D eigenvalue weighted by molar-refractivity contribution is 5.81. The average Bonchev–Trinajstić information content (AvgIpc) is 2.46. The van der Waals surface area contributed by atoms with E-state index in [1.807, 2.05) is 25.1 Å². The first kappa shape index (κ1) is 14.7. The van der Waals surface area contributed by atoms with Crippen LogP contribution >= 0.6 is 0 Å². The van der Waals surface area contributed by atoms with Crippen molar-refractivity contribution in [1.29, 1.82) is 0 Å². The number of nitrogens with two attached hydrogens (primary N) is 1. The van der Waals surface area contributed by atoms with E-state index in [1.165, 1.54) is 0 Å². The normalized spacial score (nSPS) is 14.8. The van der Waals surface area contributed by atoms with Gasteiger partial charge in [-0.05, 0) is 24.1 Å². The van der Waals surface area contributed by atoms with Crippen molar-refractivity contribution < 1.29 is 14.3 Å². The largest absolute Gasteiger partial charge is 0.486 e. The minimum atomic E-state index is -0.415. The molecule has 2 N–H and O–H groups in total. The molecule has 5 heteroatoms. The molecule has 1 amide bonds. The van der Waals surface area contributed by atoms with Crippen LogP contribution in [0.2, 0.25) is 0 Å². The Kier molecular flexibility index (Phi) is 4.84. The van der Waals surface area contributed by atoms with Crippen molar-refractivity contribution in [2.24, 2.45) is 5.73 Å². The maximum Gasteiger partial charge on any atom is 0.239 e. The highest BCUT2D eigenvalue weighted by Gasteiger charge is 2.18. The van der Waals surface area contributed by atoms with Gasteiger partial charge in [0.2, 0.25) is 5.91 Å². The number of hydrogen-bond donors (Lipinski definition) is 1. The molecule has 0 spiro atoms. The molecule has 0 fully saturated rings. The van der Waals surface area contributed by atoms with Gasteiger partial charge in [-0.3, -0.25) is 4.79 Å². The Bertz CT molecular complexity index is 476. The fourth-order valence-corrected chi connectivity index (χ4v) is 2.26. The van der Waals surface area contributed by atoms with Gasteiger partial charge < -0.3 is 20.1 Å². The summed E-state index contributed by atoms with van der Waals surface area (Å²) in [7, 11) is 1.77. The van der Waals surface area contributed by atoms with E-state index in [0.29, 0.717) is 26.2 Å². The number of hydrogen-bond acceptors (Lipinski definition) is 4. The van der Waals surface area contributed by atoms with Gasteiger partial charge in [-0.25, -0.2) is 0 Å². The first-order valence-corrected chi connectivity index (χ1v) is 7.01. The van der Waals surface area contributed by atoms with Gasteiger partial charge in [0.15, 0.2) is 11.5 Å². The number of likely N-dealkylation sites (N-methyl/N-ethyl adjacent to an activating group) is 1. The zero-order valence-electron chi connectivity index (χ0n) is 12.1. The van der Waals surface area contributed by atoms with Crippen LogP contribution in [-0.2, 0) is 11.3 Å². The number of rotatable bonds is 5. The summed E-state index contributed by atoms with van der Waals surface area (Å²) in [6, 6.07) is 5.34. The summed E-state index contributed by atoms with van der Waals surface area (Å²) < 4.78 is 11.0. The molecule has 2 rings (SSSR count). The third kappa shape index (κ3) is 3.42. The minimum Gasteiger partial charge on any atom is -0.486 e. The van der Waals surface area contributed by atoms with E-state index >= 15 is 0 Å². The van der Waals surface area contributed by atoms with E-state index < -0.39 is 6.04 Å². The van der Waals surface area contributed by atoms with Crippen molar-refractivity contribution in [1.82, 2.24) is 4.90 Å². The minimum absolute atomic E-state index is 0.0262. The second-order valence-electron chi connectivity index (χ2n) is 5.07. The van der Waals surface area contributed by atoms with Gasteiger partial charge in [0.05, 0.1) is 6.04 Å². The first-order chi connectivity index (χ1) is 9.61. The van der Waals surface area contributed by atoms with E-state index in [2.05, 4.69) is 0 Å². The monoisotopic (exact) mass is 278 g/mol. The predicted molar refractivity (Wildman–Crippen MR) is 76.8 cm³/mol. The molecule has 1 aromatic carbocycles. The van der Waals surface area contributed by atoms with Crippen LogP contribution in [0.5, 0.6) is 11.5 Å². The van der Waals surface area contributed by atoms with Crippen molar-refractivity contribution >= 4 is 5.91 Å².